The van der Waals surface area contributed by atoms with Crippen molar-refractivity contribution >= 4 is 11.8 Å². The Morgan fingerprint density at radius 2 is 2.06 bits per heavy atom. The van der Waals surface area contributed by atoms with Gasteiger partial charge in [0.1, 0.15) is 11.6 Å². The first-order chi connectivity index (χ1) is 16.4. The van der Waals surface area contributed by atoms with E-state index < -0.39 is 11.7 Å². The average molecular weight is 472 g/mol. The molecule has 7 nitrogen and oxygen atoms in total. The van der Waals surface area contributed by atoms with Crippen LogP contribution >= 0.6 is 0 Å². The number of hydrogen-bond donors (Lipinski definition) is 2. The molecule has 1 aromatic carbocycles. The Bertz CT molecular complexity index is 1100. The molecule has 0 bridgehead atoms. The summed E-state index contributed by atoms with van der Waals surface area (Å²) in [5.41, 5.74) is 2.87. The van der Waals surface area contributed by atoms with E-state index in [1.807, 2.05) is 37.3 Å². The van der Waals surface area contributed by atoms with Gasteiger partial charge in [0.25, 0.3) is 0 Å². The van der Waals surface area contributed by atoms with Crippen LogP contribution in [0.15, 0.2) is 54.1 Å². The minimum atomic E-state index is -0.812. The number of nitrogens with one attached hydrogen (secondary N) is 2. The molecular formula is C25H31F2N5O2. The second kappa shape index (κ2) is 10.5. The number of ether oxygens (including phenoxy) is 1. The molecule has 2 heterocycles. The van der Waals surface area contributed by atoms with Crippen LogP contribution in [-0.4, -0.2) is 60.1 Å². The highest BCUT2D eigenvalue weighted by molar-refractivity contribution is 5.89. The lowest BCUT2D eigenvalue weighted by atomic mass is 9.83. The van der Waals surface area contributed by atoms with Gasteiger partial charge in [0.05, 0.1) is 12.3 Å². The fraction of sp³-hybridized carbons (Fsp3) is 0.440. The molecule has 2 N–H and O–H groups in total. The minimum absolute atomic E-state index is 0.00638. The molecule has 1 unspecified atom stereocenters. The molecule has 3 atom stereocenters. The third-order valence-corrected chi connectivity index (χ3v) is 6.63. The fourth-order valence-corrected chi connectivity index (χ4v) is 4.76. The molecule has 9 heteroatoms. The molecule has 0 spiro atoms. The van der Waals surface area contributed by atoms with E-state index in [9.17, 15) is 13.6 Å². The zero-order valence-electron chi connectivity index (χ0n) is 19.7. The summed E-state index contributed by atoms with van der Waals surface area (Å²) in [6.07, 6.45) is 2.92. The standard InChI is InChI=1S/C25H31F2N5O2/c1-16-6-4-5-7-18(16)22-13-24(31(2)30-22)29-25(33)28-23-15-32(10-11-34-3)14-19(23)17-8-9-20(26)21(27)12-17/h4-9,13,17,19,23H,10-12,14-15H2,1-3H3,(H2,28,29,33)/t17?,19-,23+/m0/s1. The highest BCUT2D eigenvalue weighted by atomic mass is 19.2. The summed E-state index contributed by atoms with van der Waals surface area (Å²) in [6.45, 7) is 4.56. The second-order valence-electron chi connectivity index (χ2n) is 8.95. The van der Waals surface area contributed by atoms with Gasteiger partial charge in [-0.25, -0.2) is 13.6 Å². The number of nitrogens with zero attached hydrogens (tertiary/aromatic N) is 3. The number of methoxy groups -OCH3 is 1. The molecule has 2 amide bonds. The van der Waals surface area contributed by atoms with E-state index in [1.165, 1.54) is 6.08 Å². The predicted molar refractivity (Wildman–Crippen MR) is 128 cm³/mol. The molecule has 2 aromatic rings. The Balaban J connectivity index is 1.45. The molecule has 1 aromatic heterocycles. The monoisotopic (exact) mass is 471 g/mol. The first-order valence-corrected chi connectivity index (χ1v) is 11.5. The number of likely N-dealkylation sites (tertiary alicyclic amines) is 1. The van der Waals surface area contributed by atoms with Crippen molar-refractivity contribution in [3.63, 3.8) is 0 Å². The smallest absolute Gasteiger partial charge is 0.320 e. The van der Waals surface area contributed by atoms with Gasteiger partial charge in [-0.1, -0.05) is 30.3 Å². The number of carbonyl (C=O) groups is 1. The van der Waals surface area contributed by atoms with E-state index in [2.05, 4.69) is 20.6 Å². The van der Waals surface area contributed by atoms with Gasteiger partial charge < -0.3 is 10.1 Å². The van der Waals surface area contributed by atoms with Gasteiger partial charge in [-0.15, -0.1) is 0 Å². The Morgan fingerprint density at radius 3 is 2.79 bits per heavy atom. The average Bonchev–Trinajstić information content (AvgIpc) is 3.37. The summed E-state index contributed by atoms with van der Waals surface area (Å²) < 4.78 is 34.3. The lowest BCUT2D eigenvalue weighted by molar-refractivity contribution is 0.157. The van der Waals surface area contributed by atoms with Gasteiger partial charge in [-0.3, -0.25) is 14.9 Å². The number of aromatic nitrogens is 2. The van der Waals surface area contributed by atoms with Crippen molar-refractivity contribution in [1.82, 2.24) is 20.0 Å². The summed E-state index contributed by atoms with van der Waals surface area (Å²) >= 11 is 0. The van der Waals surface area contributed by atoms with Gasteiger partial charge in [0.2, 0.25) is 0 Å². The van der Waals surface area contributed by atoms with Crippen LogP contribution in [0.25, 0.3) is 11.3 Å². The van der Waals surface area contributed by atoms with Gasteiger partial charge in [-0.2, -0.15) is 5.10 Å². The molecule has 0 radical (unpaired) electrons. The summed E-state index contributed by atoms with van der Waals surface area (Å²) in [7, 11) is 3.42. The third kappa shape index (κ3) is 5.37. The molecule has 4 rings (SSSR count). The summed E-state index contributed by atoms with van der Waals surface area (Å²) in [5.74, 6) is -1.22. The number of anilines is 1. The fourth-order valence-electron chi connectivity index (χ4n) is 4.76. The Kier molecular flexibility index (Phi) is 7.43. The number of carbonyl (C=O) groups excluding carboxylic acids is 1. The number of urea groups is 1. The van der Waals surface area contributed by atoms with Gasteiger partial charge in [0, 0.05) is 57.9 Å². The van der Waals surface area contributed by atoms with Crippen LogP contribution in [-0.2, 0) is 11.8 Å². The quantitative estimate of drug-likeness (QED) is 0.635. The molecule has 1 aliphatic carbocycles. The number of rotatable bonds is 7. The molecular weight excluding hydrogens is 440 g/mol. The van der Waals surface area contributed by atoms with Crippen LogP contribution in [0.4, 0.5) is 19.4 Å². The third-order valence-electron chi connectivity index (χ3n) is 6.63. The van der Waals surface area contributed by atoms with Crippen molar-refractivity contribution < 1.29 is 18.3 Å². The van der Waals surface area contributed by atoms with Crippen LogP contribution in [0.5, 0.6) is 0 Å². The van der Waals surface area contributed by atoms with Crippen molar-refractivity contribution in [3.05, 3.63) is 59.7 Å². The zero-order chi connectivity index (χ0) is 24.2. The van der Waals surface area contributed by atoms with E-state index in [4.69, 9.17) is 4.74 Å². The number of halogens is 2. The Labute approximate surface area is 198 Å². The highest BCUT2D eigenvalue weighted by Crippen LogP contribution is 2.35. The lowest BCUT2D eigenvalue weighted by Gasteiger charge is -2.27. The summed E-state index contributed by atoms with van der Waals surface area (Å²) in [5, 5.41) is 10.5. The van der Waals surface area contributed by atoms with Crippen molar-refractivity contribution in [3.8, 4) is 11.3 Å². The van der Waals surface area contributed by atoms with E-state index in [1.54, 1.807) is 24.9 Å². The van der Waals surface area contributed by atoms with Crippen molar-refractivity contribution in [2.45, 2.75) is 19.4 Å². The molecule has 34 heavy (non-hydrogen) atoms. The summed E-state index contributed by atoms with van der Waals surface area (Å²) in [4.78, 5) is 15.1. The van der Waals surface area contributed by atoms with E-state index in [0.717, 1.165) is 16.8 Å². The summed E-state index contributed by atoms with van der Waals surface area (Å²) in [6, 6.07) is 9.20. The Morgan fingerprint density at radius 1 is 1.26 bits per heavy atom. The van der Waals surface area contributed by atoms with Crippen molar-refractivity contribution in [1.29, 1.82) is 0 Å². The highest BCUT2D eigenvalue weighted by Gasteiger charge is 2.39. The maximum absolute atomic E-state index is 14.0. The Hall–Kier alpha value is -3.04. The molecule has 0 saturated carbocycles. The minimum Gasteiger partial charge on any atom is -0.383 e. The second-order valence-corrected chi connectivity index (χ2v) is 8.95. The maximum atomic E-state index is 14.0. The molecule has 1 fully saturated rings. The van der Waals surface area contributed by atoms with Gasteiger partial charge in [-0.05, 0) is 30.4 Å². The SMILES string of the molecule is COCCN1C[C@@H](NC(=O)Nc2cc(-c3ccccc3C)nn2C)[C@H](C2C=CC(F)=C(F)C2)C1. The van der Waals surface area contributed by atoms with E-state index in [0.29, 0.717) is 32.1 Å². The number of amides is 2. The molecule has 1 saturated heterocycles. The van der Waals surface area contributed by atoms with E-state index >= 15 is 0 Å². The normalized spacial score (nSPS) is 22.9. The first-order valence-electron chi connectivity index (χ1n) is 11.5. The van der Waals surface area contributed by atoms with Crippen LogP contribution < -0.4 is 10.6 Å². The number of allylic oxidation sites excluding steroid dienone is 4. The predicted octanol–water partition coefficient (Wildman–Crippen LogP) is 4.19. The van der Waals surface area contributed by atoms with E-state index in [-0.39, 0.29) is 30.3 Å². The lowest BCUT2D eigenvalue weighted by Crippen LogP contribution is -2.45. The molecule has 182 valence electrons. The van der Waals surface area contributed by atoms with Crippen molar-refractivity contribution in [2.75, 3.05) is 38.7 Å². The molecule has 1 aliphatic heterocycles. The largest absolute Gasteiger partial charge is 0.383 e. The van der Waals surface area contributed by atoms with Crippen LogP contribution in [0.2, 0.25) is 0 Å². The van der Waals surface area contributed by atoms with Crippen LogP contribution in [0.1, 0.15) is 12.0 Å². The van der Waals surface area contributed by atoms with Crippen LogP contribution in [0, 0.1) is 18.8 Å². The van der Waals surface area contributed by atoms with Gasteiger partial charge >= 0.3 is 6.03 Å². The maximum Gasteiger partial charge on any atom is 0.320 e. The van der Waals surface area contributed by atoms with Crippen molar-refractivity contribution in [2.24, 2.45) is 18.9 Å². The number of aryl methyl sites for hydroxylation is 2. The van der Waals surface area contributed by atoms with Gasteiger partial charge in [0.15, 0.2) is 5.83 Å². The topological polar surface area (TPSA) is 71.4 Å². The number of hydrogen-bond acceptors (Lipinski definition) is 4. The molecule has 2 aliphatic rings. The first kappa shape index (κ1) is 24.1. The zero-order valence-corrected chi connectivity index (χ0v) is 19.7. The van der Waals surface area contributed by atoms with Crippen LogP contribution in [0.3, 0.4) is 0 Å². The number of benzene rings is 1.